The predicted octanol–water partition coefficient (Wildman–Crippen LogP) is 2.86. The highest BCUT2D eigenvalue weighted by Gasteiger charge is 2.17. The topological polar surface area (TPSA) is 72.7 Å². The number of rotatable bonds is 5. The molecule has 0 spiro atoms. The van der Waals surface area contributed by atoms with Crippen molar-refractivity contribution in [3.8, 4) is 0 Å². The number of fused-ring (bicyclic) bond motifs is 1. The van der Waals surface area contributed by atoms with Crippen molar-refractivity contribution >= 4 is 34.5 Å². The molecule has 1 aromatic carbocycles. The van der Waals surface area contributed by atoms with Crippen LogP contribution in [0.3, 0.4) is 0 Å². The van der Waals surface area contributed by atoms with Crippen LogP contribution in [-0.2, 0) is 19.3 Å². The lowest BCUT2D eigenvalue weighted by atomic mass is 10.2. The molecule has 0 unspecified atom stereocenters. The molecular weight excluding hydrogens is 360 g/mol. The molecule has 0 aliphatic heterocycles. The Morgan fingerprint density at radius 2 is 2.04 bits per heavy atom. The normalized spacial score (nSPS) is 12.0. The SMILES string of the molecule is C/C(Cl)=C/Cn1c(SCc2ccccc2)nc2c1c(=O)[nH]c(=O)n2C. The number of H-pyrrole nitrogens is 1. The van der Waals surface area contributed by atoms with Gasteiger partial charge in [-0.15, -0.1) is 0 Å². The van der Waals surface area contributed by atoms with E-state index in [-0.39, 0.29) is 0 Å². The zero-order chi connectivity index (χ0) is 18.0. The van der Waals surface area contributed by atoms with Gasteiger partial charge >= 0.3 is 5.69 Å². The minimum atomic E-state index is -0.481. The first kappa shape index (κ1) is 17.6. The second-order valence-electron chi connectivity index (χ2n) is 5.56. The Balaban J connectivity index is 2.09. The van der Waals surface area contributed by atoms with Crippen molar-refractivity contribution < 1.29 is 0 Å². The molecule has 0 saturated carbocycles. The zero-order valence-corrected chi connectivity index (χ0v) is 15.4. The summed E-state index contributed by atoms with van der Waals surface area (Å²) in [5.41, 5.74) is 0.957. The average Bonchev–Trinajstić information content (AvgIpc) is 2.96. The van der Waals surface area contributed by atoms with Crippen LogP contribution in [-0.4, -0.2) is 19.1 Å². The lowest BCUT2D eigenvalue weighted by Crippen LogP contribution is -2.29. The predicted molar refractivity (Wildman–Crippen MR) is 101 cm³/mol. The van der Waals surface area contributed by atoms with Crippen LogP contribution in [0.5, 0.6) is 0 Å². The van der Waals surface area contributed by atoms with Crippen LogP contribution in [0.2, 0.25) is 0 Å². The molecule has 0 saturated heterocycles. The van der Waals surface area contributed by atoms with Gasteiger partial charge in [0, 0.05) is 24.4 Å². The summed E-state index contributed by atoms with van der Waals surface area (Å²) in [6, 6.07) is 9.99. The van der Waals surface area contributed by atoms with Gasteiger partial charge in [-0.1, -0.05) is 59.8 Å². The maximum absolute atomic E-state index is 12.3. The van der Waals surface area contributed by atoms with E-state index in [0.717, 1.165) is 5.56 Å². The number of nitrogens with one attached hydrogen (secondary N) is 1. The Labute approximate surface area is 153 Å². The number of imidazole rings is 1. The number of hydrogen-bond donors (Lipinski definition) is 1. The summed E-state index contributed by atoms with van der Waals surface area (Å²) in [6.45, 7) is 2.18. The van der Waals surface area contributed by atoms with E-state index in [0.29, 0.717) is 33.7 Å². The van der Waals surface area contributed by atoms with Gasteiger partial charge in [0.05, 0.1) is 0 Å². The summed E-state index contributed by atoms with van der Waals surface area (Å²) < 4.78 is 3.13. The maximum atomic E-state index is 12.3. The molecule has 0 bridgehead atoms. The van der Waals surface area contributed by atoms with Crippen molar-refractivity contribution in [1.82, 2.24) is 19.1 Å². The number of aryl methyl sites for hydroxylation is 1. The fourth-order valence-corrected chi connectivity index (χ4v) is 3.46. The van der Waals surface area contributed by atoms with Gasteiger partial charge in [-0.3, -0.25) is 14.3 Å². The average molecular weight is 377 g/mol. The van der Waals surface area contributed by atoms with Crippen LogP contribution >= 0.6 is 23.4 Å². The number of benzene rings is 1. The van der Waals surface area contributed by atoms with Crippen LogP contribution < -0.4 is 11.2 Å². The molecule has 1 N–H and O–H groups in total. The molecule has 3 rings (SSSR count). The molecule has 0 aliphatic carbocycles. The van der Waals surface area contributed by atoms with E-state index in [9.17, 15) is 9.59 Å². The lowest BCUT2D eigenvalue weighted by molar-refractivity contribution is 0.742. The number of nitrogens with zero attached hydrogens (tertiary/aromatic N) is 3. The summed E-state index contributed by atoms with van der Waals surface area (Å²) >= 11 is 7.46. The zero-order valence-electron chi connectivity index (χ0n) is 13.8. The number of hydrogen-bond acceptors (Lipinski definition) is 4. The molecule has 0 atom stereocenters. The van der Waals surface area contributed by atoms with Crippen LogP contribution in [0.1, 0.15) is 12.5 Å². The molecule has 3 aromatic rings. The van der Waals surface area contributed by atoms with Crippen molar-refractivity contribution in [2.75, 3.05) is 0 Å². The maximum Gasteiger partial charge on any atom is 0.329 e. The summed E-state index contributed by atoms with van der Waals surface area (Å²) in [4.78, 5) is 31.0. The minimum absolute atomic E-state index is 0.366. The van der Waals surface area contributed by atoms with Gasteiger partial charge in [0.15, 0.2) is 16.3 Å². The number of aromatic nitrogens is 4. The van der Waals surface area contributed by atoms with Gasteiger partial charge in [0.1, 0.15) is 0 Å². The molecule has 0 radical (unpaired) electrons. The Morgan fingerprint density at radius 3 is 2.72 bits per heavy atom. The monoisotopic (exact) mass is 376 g/mol. The van der Waals surface area contributed by atoms with E-state index >= 15 is 0 Å². The molecule has 25 heavy (non-hydrogen) atoms. The lowest BCUT2D eigenvalue weighted by Gasteiger charge is -2.06. The molecule has 2 heterocycles. The molecule has 2 aromatic heterocycles. The first-order chi connectivity index (χ1) is 12.0. The fraction of sp³-hybridized carbons (Fsp3) is 0.235. The van der Waals surface area contributed by atoms with Crippen molar-refractivity contribution in [3.05, 3.63) is 67.8 Å². The van der Waals surface area contributed by atoms with Crippen LogP contribution in [0, 0.1) is 0 Å². The molecular formula is C17H17ClN4O2S. The number of halogens is 1. The van der Waals surface area contributed by atoms with Gasteiger partial charge in [-0.2, -0.15) is 0 Å². The Morgan fingerprint density at radius 1 is 1.32 bits per heavy atom. The van der Waals surface area contributed by atoms with Crippen LogP contribution in [0.15, 0.2) is 56.2 Å². The molecule has 0 fully saturated rings. The second-order valence-corrected chi connectivity index (χ2v) is 7.10. The Bertz CT molecular complexity index is 1050. The molecule has 0 amide bonds. The van der Waals surface area contributed by atoms with Crippen molar-refractivity contribution in [3.63, 3.8) is 0 Å². The summed E-state index contributed by atoms with van der Waals surface area (Å²) in [5.74, 6) is 0.708. The van der Waals surface area contributed by atoms with Crippen LogP contribution in [0.25, 0.3) is 11.2 Å². The number of allylic oxidation sites excluding steroid dienone is 2. The van der Waals surface area contributed by atoms with Gasteiger partial charge in [0.2, 0.25) is 0 Å². The van der Waals surface area contributed by atoms with Gasteiger partial charge < -0.3 is 4.57 Å². The highest BCUT2D eigenvalue weighted by Crippen LogP contribution is 2.25. The van der Waals surface area contributed by atoms with Gasteiger partial charge in [0.25, 0.3) is 5.56 Å². The Hall–Kier alpha value is -2.25. The van der Waals surface area contributed by atoms with Crippen molar-refractivity contribution in [1.29, 1.82) is 0 Å². The first-order valence-corrected chi connectivity index (χ1v) is 9.02. The number of aromatic amines is 1. The fourth-order valence-electron chi connectivity index (χ4n) is 2.43. The van der Waals surface area contributed by atoms with Crippen molar-refractivity contribution in [2.45, 2.75) is 24.4 Å². The van der Waals surface area contributed by atoms with Crippen LogP contribution in [0.4, 0.5) is 0 Å². The highest BCUT2D eigenvalue weighted by atomic mass is 35.5. The third-order valence-corrected chi connectivity index (χ3v) is 4.94. The van der Waals surface area contributed by atoms with Gasteiger partial charge in [-0.05, 0) is 12.5 Å². The Kier molecular flexibility index (Phi) is 5.15. The molecule has 130 valence electrons. The van der Waals surface area contributed by atoms with Crippen molar-refractivity contribution in [2.24, 2.45) is 7.05 Å². The molecule has 0 aliphatic rings. The summed E-state index contributed by atoms with van der Waals surface area (Å²) in [6.07, 6.45) is 1.81. The largest absolute Gasteiger partial charge is 0.329 e. The van der Waals surface area contributed by atoms with E-state index in [2.05, 4.69) is 9.97 Å². The molecule has 8 heteroatoms. The highest BCUT2D eigenvalue weighted by molar-refractivity contribution is 7.98. The first-order valence-electron chi connectivity index (χ1n) is 7.66. The molecule has 6 nitrogen and oxygen atoms in total. The minimum Gasteiger partial charge on any atom is -0.309 e. The van der Waals surface area contributed by atoms with E-state index in [1.165, 1.54) is 16.3 Å². The van der Waals surface area contributed by atoms with E-state index in [4.69, 9.17) is 11.6 Å². The third kappa shape index (κ3) is 3.72. The van der Waals surface area contributed by atoms with Gasteiger partial charge in [-0.25, -0.2) is 9.78 Å². The quantitative estimate of drug-likeness (QED) is 0.695. The standard InChI is InChI=1S/C17H17ClN4O2S/c1-11(18)8-9-22-13-14(21(2)16(24)20-15(13)23)19-17(22)25-10-12-6-4-3-5-7-12/h3-8H,9-10H2,1-2H3,(H,20,23,24)/b11-8-. The number of thioether (sulfide) groups is 1. The second kappa shape index (κ2) is 7.33. The van der Waals surface area contributed by atoms with E-state index in [1.54, 1.807) is 24.6 Å². The summed E-state index contributed by atoms with van der Waals surface area (Å²) in [5, 5.41) is 1.29. The van der Waals surface area contributed by atoms with E-state index < -0.39 is 11.2 Å². The summed E-state index contributed by atoms with van der Waals surface area (Å²) in [7, 11) is 1.59. The van der Waals surface area contributed by atoms with E-state index in [1.807, 2.05) is 30.3 Å². The smallest absolute Gasteiger partial charge is 0.309 e. The third-order valence-electron chi connectivity index (χ3n) is 3.74.